The first-order valence-electron chi connectivity index (χ1n) is 5.63. The molecule has 2 heterocycles. The molecule has 2 rings (SSSR count). The summed E-state index contributed by atoms with van der Waals surface area (Å²) in [6.45, 7) is 0.729. The van der Waals surface area contributed by atoms with E-state index in [1.165, 1.54) is 5.56 Å². The fraction of sp³-hybridized carbons (Fsp3) is 0.231. The molecule has 0 amide bonds. The van der Waals surface area contributed by atoms with E-state index in [4.69, 9.17) is 0 Å². The number of rotatable bonds is 4. The van der Waals surface area contributed by atoms with Gasteiger partial charge in [-0.25, -0.2) is 9.97 Å². The highest BCUT2D eigenvalue weighted by atomic mass is 79.9. The minimum absolute atomic E-state index is 0.729. The van der Waals surface area contributed by atoms with Gasteiger partial charge in [-0.1, -0.05) is 15.9 Å². The molecule has 0 fully saturated rings. The van der Waals surface area contributed by atoms with Gasteiger partial charge in [0.05, 0.1) is 0 Å². The molecule has 0 aromatic carbocycles. The molecule has 0 aliphatic heterocycles. The standard InChI is InChI=1S/C13H15BrN4/c1-18(2)13-7-10(3-5-16-13)9-17-12-8-11(14)4-6-15-12/h3-8H,9H2,1-2H3,(H,15,17). The Morgan fingerprint density at radius 2 is 1.94 bits per heavy atom. The van der Waals surface area contributed by atoms with Crippen LogP contribution in [0.5, 0.6) is 0 Å². The van der Waals surface area contributed by atoms with Crippen LogP contribution < -0.4 is 10.2 Å². The van der Waals surface area contributed by atoms with Gasteiger partial charge in [0, 0.05) is 37.5 Å². The average molecular weight is 307 g/mol. The van der Waals surface area contributed by atoms with Gasteiger partial charge < -0.3 is 10.2 Å². The first-order chi connectivity index (χ1) is 8.65. The third-order valence-corrected chi connectivity index (χ3v) is 2.96. The van der Waals surface area contributed by atoms with E-state index in [2.05, 4.69) is 37.3 Å². The number of nitrogens with one attached hydrogen (secondary N) is 1. The SMILES string of the molecule is CN(C)c1cc(CNc2cc(Br)ccn2)ccn1. The van der Waals surface area contributed by atoms with Gasteiger partial charge in [0.1, 0.15) is 11.6 Å². The molecule has 0 aliphatic carbocycles. The Kier molecular flexibility index (Phi) is 4.15. The molecule has 0 unspecified atom stereocenters. The van der Waals surface area contributed by atoms with Crippen LogP contribution in [0.2, 0.25) is 0 Å². The summed E-state index contributed by atoms with van der Waals surface area (Å²) in [5.41, 5.74) is 1.18. The zero-order chi connectivity index (χ0) is 13.0. The van der Waals surface area contributed by atoms with Crippen LogP contribution in [0, 0.1) is 0 Å². The highest BCUT2D eigenvalue weighted by Gasteiger charge is 2.00. The van der Waals surface area contributed by atoms with E-state index in [0.717, 1.165) is 22.7 Å². The molecular weight excluding hydrogens is 292 g/mol. The van der Waals surface area contributed by atoms with E-state index in [0.29, 0.717) is 0 Å². The van der Waals surface area contributed by atoms with Crippen molar-refractivity contribution in [1.29, 1.82) is 0 Å². The van der Waals surface area contributed by atoms with Crippen LogP contribution >= 0.6 is 15.9 Å². The number of halogens is 1. The molecule has 2 aromatic rings. The third-order valence-electron chi connectivity index (χ3n) is 2.46. The average Bonchev–Trinajstić information content (AvgIpc) is 2.37. The van der Waals surface area contributed by atoms with Crippen molar-refractivity contribution < 1.29 is 0 Å². The fourth-order valence-electron chi connectivity index (χ4n) is 1.51. The van der Waals surface area contributed by atoms with Crippen molar-refractivity contribution in [2.45, 2.75) is 6.54 Å². The van der Waals surface area contributed by atoms with Gasteiger partial charge in [0.25, 0.3) is 0 Å². The molecule has 0 aliphatic rings. The first kappa shape index (κ1) is 12.8. The number of nitrogens with zero attached hydrogens (tertiary/aromatic N) is 3. The number of hydrogen-bond donors (Lipinski definition) is 1. The van der Waals surface area contributed by atoms with E-state index in [-0.39, 0.29) is 0 Å². The van der Waals surface area contributed by atoms with Crippen molar-refractivity contribution in [3.05, 3.63) is 46.7 Å². The van der Waals surface area contributed by atoms with Gasteiger partial charge in [0.2, 0.25) is 0 Å². The Bertz CT molecular complexity index is 528. The van der Waals surface area contributed by atoms with Gasteiger partial charge in [-0.3, -0.25) is 0 Å². The molecule has 0 radical (unpaired) electrons. The maximum atomic E-state index is 4.28. The molecule has 1 N–H and O–H groups in total. The van der Waals surface area contributed by atoms with E-state index >= 15 is 0 Å². The van der Waals surface area contributed by atoms with Gasteiger partial charge >= 0.3 is 0 Å². The van der Waals surface area contributed by atoms with Crippen LogP contribution in [0.3, 0.4) is 0 Å². The zero-order valence-electron chi connectivity index (χ0n) is 10.4. The third kappa shape index (κ3) is 3.43. The van der Waals surface area contributed by atoms with Gasteiger partial charge in [-0.05, 0) is 29.8 Å². The monoisotopic (exact) mass is 306 g/mol. The molecule has 0 atom stereocenters. The lowest BCUT2D eigenvalue weighted by molar-refractivity contribution is 1.04. The van der Waals surface area contributed by atoms with Crippen LogP contribution in [0.15, 0.2) is 41.1 Å². The second-order valence-electron chi connectivity index (χ2n) is 4.13. The summed E-state index contributed by atoms with van der Waals surface area (Å²) >= 11 is 3.42. The van der Waals surface area contributed by atoms with Gasteiger partial charge in [-0.15, -0.1) is 0 Å². The molecule has 5 heteroatoms. The zero-order valence-corrected chi connectivity index (χ0v) is 12.0. The summed E-state index contributed by atoms with van der Waals surface area (Å²) in [5.74, 6) is 1.81. The molecule has 18 heavy (non-hydrogen) atoms. The van der Waals surface area contributed by atoms with Crippen molar-refractivity contribution >= 4 is 27.6 Å². The lowest BCUT2D eigenvalue weighted by Gasteiger charge is -2.12. The number of anilines is 2. The highest BCUT2D eigenvalue weighted by Crippen LogP contribution is 2.15. The molecule has 0 saturated heterocycles. The molecule has 0 saturated carbocycles. The fourth-order valence-corrected chi connectivity index (χ4v) is 1.84. The van der Waals surface area contributed by atoms with E-state index in [1.807, 2.05) is 43.4 Å². The largest absolute Gasteiger partial charge is 0.366 e. The molecule has 94 valence electrons. The minimum Gasteiger partial charge on any atom is -0.366 e. The normalized spacial score (nSPS) is 10.2. The predicted octanol–water partition coefficient (Wildman–Crippen LogP) is 2.92. The number of hydrogen-bond acceptors (Lipinski definition) is 4. The van der Waals surface area contributed by atoms with Gasteiger partial charge in [0.15, 0.2) is 0 Å². The van der Waals surface area contributed by atoms with Crippen molar-refractivity contribution in [3.63, 3.8) is 0 Å². The van der Waals surface area contributed by atoms with Crippen molar-refractivity contribution in [2.24, 2.45) is 0 Å². The lowest BCUT2D eigenvalue weighted by atomic mass is 10.2. The Morgan fingerprint density at radius 1 is 1.17 bits per heavy atom. The second kappa shape index (κ2) is 5.82. The predicted molar refractivity (Wildman–Crippen MR) is 77.8 cm³/mol. The maximum Gasteiger partial charge on any atom is 0.128 e. The Balaban J connectivity index is 2.04. The quantitative estimate of drug-likeness (QED) is 0.943. The number of aromatic nitrogens is 2. The molecule has 4 nitrogen and oxygen atoms in total. The van der Waals surface area contributed by atoms with E-state index < -0.39 is 0 Å². The Labute approximate surface area is 115 Å². The van der Waals surface area contributed by atoms with Crippen LogP contribution in [-0.2, 0) is 6.54 Å². The van der Waals surface area contributed by atoms with E-state index in [1.54, 1.807) is 6.20 Å². The maximum absolute atomic E-state index is 4.28. The molecule has 2 aromatic heterocycles. The summed E-state index contributed by atoms with van der Waals surface area (Å²) in [5, 5.41) is 3.28. The summed E-state index contributed by atoms with van der Waals surface area (Å²) in [4.78, 5) is 10.5. The molecular formula is C13H15BrN4. The highest BCUT2D eigenvalue weighted by molar-refractivity contribution is 9.10. The van der Waals surface area contributed by atoms with Gasteiger partial charge in [-0.2, -0.15) is 0 Å². The van der Waals surface area contributed by atoms with Crippen LogP contribution in [0.4, 0.5) is 11.6 Å². The second-order valence-corrected chi connectivity index (χ2v) is 5.05. The summed E-state index contributed by atoms with van der Waals surface area (Å²) in [7, 11) is 3.96. The van der Waals surface area contributed by atoms with E-state index in [9.17, 15) is 0 Å². The smallest absolute Gasteiger partial charge is 0.128 e. The summed E-state index contributed by atoms with van der Waals surface area (Å²) in [6.07, 6.45) is 3.59. The van der Waals surface area contributed by atoms with Crippen molar-refractivity contribution in [1.82, 2.24) is 9.97 Å². The first-order valence-corrected chi connectivity index (χ1v) is 6.42. The van der Waals surface area contributed by atoms with Crippen LogP contribution in [0.1, 0.15) is 5.56 Å². The molecule has 0 spiro atoms. The minimum atomic E-state index is 0.729. The van der Waals surface area contributed by atoms with Crippen molar-refractivity contribution in [3.8, 4) is 0 Å². The Hall–Kier alpha value is -1.62. The lowest BCUT2D eigenvalue weighted by Crippen LogP contribution is -2.11. The summed E-state index contributed by atoms with van der Waals surface area (Å²) < 4.78 is 1.02. The Morgan fingerprint density at radius 3 is 2.67 bits per heavy atom. The summed E-state index contributed by atoms with van der Waals surface area (Å²) in [6, 6.07) is 7.92. The topological polar surface area (TPSA) is 41.0 Å². The van der Waals surface area contributed by atoms with Crippen LogP contribution in [-0.4, -0.2) is 24.1 Å². The number of pyridine rings is 2. The molecule has 0 bridgehead atoms. The van der Waals surface area contributed by atoms with Crippen LogP contribution in [0.25, 0.3) is 0 Å². The van der Waals surface area contributed by atoms with Crippen molar-refractivity contribution in [2.75, 3.05) is 24.3 Å².